The smallest absolute Gasteiger partial charge is 0.315 e. The van der Waals surface area contributed by atoms with Crippen LogP contribution in [0.3, 0.4) is 0 Å². The van der Waals surface area contributed by atoms with Gasteiger partial charge in [-0.1, -0.05) is 103 Å². The van der Waals surface area contributed by atoms with Crippen molar-refractivity contribution in [1.29, 1.82) is 0 Å². The van der Waals surface area contributed by atoms with Crippen LogP contribution in [0.5, 0.6) is 0 Å². The van der Waals surface area contributed by atoms with Crippen LogP contribution < -0.4 is 10.6 Å². The fraction of sp³-hybridized carbons (Fsp3) is 0.148. The molecule has 0 fully saturated rings. The van der Waals surface area contributed by atoms with E-state index in [9.17, 15) is 9.90 Å². The number of rotatable bonds is 7. The molecule has 4 heteroatoms. The lowest BCUT2D eigenvalue weighted by Gasteiger charge is -2.21. The lowest BCUT2D eigenvalue weighted by atomic mass is 9.98. The van der Waals surface area contributed by atoms with Crippen molar-refractivity contribution >= 4 is 16.8 Å². The number of hydrogen-bond donors (Lipinski definition) is 3. The normalized spacial score (nSPS) is 11.9. The summed E-state index contributed by atoms with van der Waals surface area (Å²) >= 11 is 0. The maximum absolute atomic E-state index is 12.6. The van der Waals surface area contributed by atoms with Crippen LogP contribution in [-0.4, -0.2) is 17.7 Å². The zero-order chi connectivity index (χ0) is 21.5. The van der Waals surface area contributed by atoms with Crippen molar-refractivity contribution in [3.63, 3.8) is 0 Å². The van der Waals surface area contributed by atoms with Crippen LogP contribution in [0.25, 0.3) is 10.8 Å². The maximum atomic E-state index is 12.6. The fourth-order valence-corrected chi connectivity index (χ4v) is 3.85. The lowest BCUT2D eigenvalue weighted by Crippen LogP contribution is -2.39. The van der Waals surface area contributed by atoms with E-state index in [0.29, 0.717) is 13.0 Å². The van der Waals surface area contributed by atoms with Crippen molar-refractivity contribution in [1.82, 2.24) is 10.6 Å². The Kier molecular flexibility index (Phi) is 6.60. The average Bonchev–Trinajstić information content (AvgIpc) is 2.83. The Morgan fingerprint density at radius 2 is 1.32 bits per heavy atom. The Hall–Kier alpha value is -3.63. The Bertz CT molecular complexity index is 1080. The first-order chi connectivity index (χ1) is 15.2. The molecule has 0 saturated carbocycles. The quantitative estimate of drug-likeness (QED) is 0.384. The zero-order valence-corrected chi connectivity index (χ0v) is 17.2. The van der Waals surface area contributed by atoms with Crippen molar-refractivity contribution in [2.75, 3.05) is 6.54 Å². The summed E-state index contributed by atoms with van der Waals surface area (Å²) in [7, 11) is 0. The van der Waals surface area contributed by atoms with Gasteiger partial charge in [0, 0.05) is 6.54 Å². The molecule has 0 aliphatic carbocycles. The number of carbonyl (C=O) groups is 1. The minimum absolute atomic E-state index is 0.245. The molecule has 0 spiro atoms. The molecule has 0 saturated heterocycles. The largest absolute Gasteiger partial charge is 0.388 e. The first-order valence-corrected chi connectivity index (χ1v) is 10.5. The van der Waals surface area contributed by atoms with E-state index in [1.165, 1.54) is 0 Å². The SMILES string of the molecule is O=C(NCCC(O)c1cccc2ccccc12)NC(c1ccccc1)c1ccccc1. The number of carbonyl (C=O) groups excluding carboxylic acids is 1. The molecular weight excluding hydrogens is 384 g/mol. The molecule has 0 aliphatic heterocycles. The highest BCUT2D eigenvalue weighted by Gasteiger charge is 2.17. The summed E-state index contributed by atoms with van der Waals surface area (Å²) in [4.78, 5) is 12.6. The Balaban J connectivity index is 1.38. The lowest BCUT2D eigenvalue weighted by molar-refractivity contribution is 0.168. The monoisotopic (exact) mass is 410 g/mol. The van der Waals surface area contributed by atoms with Gasteiger partial charge in [-0.2, -0.15) is 0 Å². The van der Waals surface area contributed by atoms with E-state index in [2.05, 4.69) is 10.6 Å². The van der Waals surface area contributed by atoms with Gasteiger partial charge in [0.1, 0.15) is 0 Å². The summed E-state index contributed by atoms with van der Waals surface area (Å²) in [6.07, 6.45) is -0.214. The van der Waals surface area contributed by atoms with E-state index in [-0.39, 0.29) is 12.1 Å². The average molecular weight is 411 g/mol. The highest BCUT2D eigenvalue weighted by Crippen LogP contribution is 2.26. The number of aliphatic hydroxyl groups excluding tert-OH is 1. The van der Waals surface area contributed by atoms with Gasteiger partial charge in [0.15, 0.2) is 0 Å². The van der Waals surface area contributed by atoms with Crippen LogP contribution >= 0.6 is 0 Å². The van der Waals surface area contributed by atoms with Gasteiger partial charge in [-0.25, -0.2) is 4.79 Å². The second-order valence-corrected chi connectivity index (χ2v) is 7.53. The predicted molar refractivity (Wildman–Crippen MR) is 125 cm³/mol. The number of nitrogens with one attached hydrogen (secondary N) is 2. The molecular formula is C27H26N2O2. The molecule has 4 aromatic rings. The maximum Gasteiger partial charge on any atom is 0.315 e. The van der Waals surface area contributed by atoms with Crippen molar-refractivity contribution in [2.24, 2.45) is 0 Å². The van der Waals surface area contributed by atoms with Crippen molar-refractivity contribution < 1.29 is 9.90 Å². The second-order valence-electron chi connectivity index (χ2n) is 7.53. The number of amides is 2. The van der Waals surface area contributed by atoms with Crippen LogP contribution in [0.15, 0.2) is 103 Å². The summed E-state index contributed by atoms with van der Waals surface area (Å²) in [5, 5.41) is 18.8. The summed E-state index contributed by atoms with van der Waals surface area (Å²) in [6, 6.07) is 33.2. The molecule has 0 radical (unpaired) electrons. The summed E-state index contributed by atoms with van der Waals surface area (Å²) in [6.45, 7) is 0.368. The molecule has 4 aromatic carbocycles. The third-order valence-corrected chi connectivity index (χ3v) is 5.43. The molecule has 0 aliphatic rings. The third-order valence-electron chi connectivity index (χ3n) is 5.43. The van der Waals surface area contributed by atoms with E-state index >= 15 is 0 Å². The summed E-state index contributed by atoms with van der Waals surface area (Å²) in [5.74, 6) is 0. The second kappa shape index (κ2) is 9.92. The van der Waals surface area contributed by atoms with E-state index in [4.69, 9.17) is 0 Å². The predicted octanol–water partition coefficient (Wildman–Crippen LogP) is 5.35. The molecule has 4 nitrogen and oxygen atoms in total. The van der Waals surface area contributed by atoms with Gasteiger partial charge < -0.3 is 15.7 Å². The third kappa shape index (κ3) is 5.11. The molecule has 31 heavy (non-hydrogen) atoms. The van der Waals surface area contributed by atoms with Crippen molar-refractivity contribution in [3.8, 4) is 0 Å². The van der Waals surface area contributed by atoms with E-state index in [1.54, 1.807) is 0 Å². The first-order valence-electron chi connectivity index (χ1n) is 10.5. The molecule has 0 heterocycles. The van der Waals surface area contributed by atoms with Crippen molar-refractivity contribution in [2.45, 2.75) is 18.6 Å². The van der Waals surface area contributed by atoms with E-state index in [1.807, 2.05) is 103 Å². The standard InChI is InChI=1S/C27H26N2O2/c30-25(24-17-9-15-20-10-7-8-16-23(20)24)18-19-28-27(31)29-26(21-11-3-1-4-12-21)22-13-5-2-6-14-22/h1-17,25-26,30H,18-19H2,(H2,28,29,31). The minimum Gasteiger partial charge on any atom is -0.388 e. The molecule has 4 rings (SSSR count). The number of aliphatic hydroxyl groups is 1. The minimum atomic E-state index is -0.648. The molecule has 0 bridgehead atoms. The highest BCUT2D eigenvalue weighted by atomic mass is 16.3. The fourth-order valence-electron chi connectivity index (χ4n) is 3.85. The number of urea groups is 1. The van der Waals surface area contributed by atoms with Crippen LogP contribution in [0.2, 0.25) is 0 Å². The molecule has 156 valence electrons. The van der Waals surface area contributed by atoms with Crippen LogP contribution in [0.1, 0.15) is 35.3 Å². The van der Waals surface area contributed by atoms with Crippen LogP contribution in [-0.2, 0) is 0 Å². The topological polar surface area (TPSA) is 61.4 Å². The van der Waals surface area contributed by atoms with Crippen LogP contribution in [0.4, 0.5) is 4.79 Å². The first kappa shape index (κ1) is 20.6. The van der Waals surface area contributed by atoms with Crippen molar-refractivity contribution in [3.05, 3.63) is 120 Å². The van der Waals surface area contributed by atoms with Crippen LogP contribution in [0, 0.1) is 0 Å². The number of hydrogen-bond acceptors (Lipinski definition) is 2. The van der Waals surface area contributed by atoms with Gasteiger partial charge in [0.05, 0.1) is 12.1 Å². The van der Waals surface area contributed by atoms with E-state index < -0.39 is 6.10 Å². The number of benzene rings is 4. The van der Waals surface area contributed by atoms with E-state index in [0.717, 1.165) is 27.5 Å². The molecule has 1 unspecified atom stereocenters. The molecule has 2 amide bonds. The summed E-state index contributed by atoms with van der Waals surface area (Å²) < 4.78 is 0. The highest BCUT2D eigenvalue weighted by molar-refractivity contribution is 5.86. The molecule has 3 N–H and O–H groups in total. The Morgan fingerprint density at radius 3 is 2.00 bits per heavy atom. The van der Waals surface area contributed by atoms with Gasteiger partial charge in [-0.3, -0.25) is 0 Å². The van der Waals surface area contributed by atoms with Gasteiger partial charge in [0.2, 0.25) is 0 Å². The summed E-state index contributed by atoms with van der Waals surface area (Å²) in [5.41, 5.74) is 2.91. The van der Waals surface area contributed by atoms with Gasteiger partial charge >= 0.3 is 6.03 Å². The van der Waals surface area contributed by atoms with Gasteiger partial charge in [-0.05, 0) is 33.9 Å². The Labute approximate surface area is 182 Å². The molecule has 0 aromatic heterocycles. The Morgan fingerprint density at radius 1 is 0.742 bits per heavy atom. The number of fused-ring (bicyclic) bond motifs is 1. The molecule has 1 atom stereocenters. The zero-order valence-electron chi connectivity index (χ0n) is 17.2. The van der Waals surface area contributed by atoms with Gasteiger partial charge in [0.25, 0.3) is 0 Å². The van der Waals surface area contributed by atoms with Gasteiger partial charge in [-0.15, -0.1) is 0 Å².